The molecule has 1 aromatic carbocycles. The van der Waals surface area contributed by atoms with E-state index in [2.05, 4.69) is 15.9 Å². The van der Waals surface area contributed by atoms with Crippen molar-refractivity contribution in [1.82, 2.24) is 0 Å². The molecule has 1 heterocycles. The van der Waals surface area contributed by atoms with E-state index in [1.165, 1.54) is 24.3 Å². The molecule has 0 aromatic heterocycles. The second-order valence-corrected chi connectivity index (χ2v) is 5.53. The van der Waals surface area contributed by atoms with Crippen LogP contribution in [-0.4, -0.2) is 6.04 Å². The predicted octanol–water partition coefficient (Wildman–Crippen LogP) is 5.29. The van der Waals surface area contributed by atoms with Gasteiger partial charge in [0, 0.05) is 44.2 Å². The van der Waals surface area contributed by atoms with Crippen LogP contribution < -0.4 is 4.90 Å². The molecule has 0 amide bonds. The van der Waals surface area contributed by atoms with Gasteiger partial charge in [-0.05, 0) is 49.3 Å². The summed E-state index contributed by atoms with van der Waals surface area (Å²) in [5, 5.41) is 0. The second kappa shape index (κ2) is 5.07. The minimum atomic E-state index is -3.55. The normalized spacial score (nSPS) is 60.5. The van der Waals surface area contributed by atoms with E-state index in [4.69, 9.17) is 13.7 Å². The molecule has 1 aromatic rings. The lowest BCUT2D eigenvalue weighted by atomic mass is 9.77. The molecule has 0 spiro atoms. The summed E-state index contributed by atoms with van der Waals surface area (Å²) in [4.78, 5) is 1.11. The molecule has 1 aliphatic heterocycles. The Morgan fingerprint density at radius 1 is 1.30 bits per heavy atom. The zero-order valence-electron chi connectivity index (χ0n) is 22.4. The molecule has 1 nitrogen and oxygen atoms in total. The summed E-state index contributed by atoms with van der Waals surface area (Å²) in [5.41, 5.74) is -0.0326. The van der Waals surface area contributed by atoms with Crippen LogP contribution in [0.3, 0.4) is 0 Å². The minimum absolute atomic E-state index is 0.199. The number of anilines is 1. The lowest BCUT2D eigenvalue weighted by Gasteiger charge is -2.33. The van der Waals surface area contributed by atoms with Crippen molar-refractivity contribution in [2.75, 3.05) is 4.90 Å². The van der Waals surface area contributed by atoms with Crippen LogP contribution >= 0.6 is 15.9 Å². The summed E-state index contributed by atoms with van der Waals surface area (Å²) in [5.74, 6) is -5.87. The Labute approximate surface area is 146 Å². The summed E-state index contributed by atoms with van der Waals surface area (Å²) in [6, 6.07) is 4.23. The Bertz CT molecular complexity index is 1050. The van der Waals surface area contributed by atoms with Crippen molar-refractivity contribution in [3.05, 3.63) is 52.7 Å². The van der Waals surface area contributed by atoms with Crippen LogP contribution in [0.15, 0.2) is 52.7 Å². The quantitative estimate of drug-likeness (QED) is 0.670. The average Bonchev–Trinajstić information content (AvgIpc) is 2.88. The Morgan fingerprint density at radius 3 is 3.10 bits per heavy atom. The largest absolute Gasteiger partial charge is 0.341 e. The molecule has 0 N–H and O–H groups in total. The molecule has 1 saturated carbocycles. The molecular formula is C18H20BrN. The van der Waals surface area contributed by atoms with Crippen molar-refractivity contribution in [1.29, 1.82) is 0 Å². The number of allylic oxidation sites excluding steroid dienone is 4. The van der Waals surface area contributed by atoms with Gasteiger partial charge < -0.3 is 4.90 Å². The van der Waals surface area contributed by atoms with Gasteiger partial charge in [-0.1, -0.05) is 46.9 Å². The van der Waals surface area contributed by atoms with E-state index in [1.807, 2.05) is 0 Å². The van der Waals surface area contributed by atoms with E-state index in [-0.39, 0.29) is 11.4 Å². The minimum Gasteiger partial charge on any atom is -0.341 e. The van der Waals surface area contributed by atoms with E-state index in [1.54, 1.807) is 12.1 Å². The molecule has 3 aliphatic rings. The number of rotatable bonds is 1. The van der Waals surface area contributed by atoms with Crippen LogP contribution in [0.2, 0.25) is 0 Å². The molecular weight excluding hydrogens is 310 g/mol. The maximum Gasteiger partial charge on any atom is 0.0422 e. The summed E-state index contributed by atoms with van der Waals surface area (Å²) >= 11 is 3.30. The fraction of sp³-hybridized carbons (Fsp3) is 0.444. The lowest BCUT2D eigenvalue weighted by Crippen LogP contribution is -2.34. The van der Waals surface area contributed by atoms with E-state index >= 15 is 0 Å². The van der Waals surface area contributed by atoms with Crippen molar-refractivity contribution in [3.63, 3.8) is 0 Å². The van der Waals surface area contributed by atoms with Crippen molar-refractivity contribution < 1.29 is 16.4 Å². The van der Waals surface area contributed by atoms with Gasteiger partial charge in [-0.25, -0.2) is 0 Å². The highest BCUT2D eigenvalue weighted by Crippen LogP contribution is 2.50. The first-order valence-corrected chi connectivity index (χ1v) is 7.08. The first-order chi connectivity index (χ1) is 14.3. The zero-order chi connectivity index (χ0) is 24.3. The van der Waals surface area contributed by atoms with Gasteiger partial charge in [-0.2, -0.15) is 0 Å². The van der Waals surface area contributed by atoms with Crippen molar-refractivity contribution in [3.8, 4) is 0 Å². The fourth-order valence-electron chi connectivity index (χ4n) is 2.63. The monoisotopic (exact) mass is 341 g/mol. The van der Waals surface area contributed by atoms with Crippen LogP contribution in [0.25, 0.3) is 0 Å². The Kier molecular flexibility index (Phi) is 1.35. The number of nitrogens with zero attached hydrogens (tertiary/aromatic N) is 1. The molecule has 1 saturated heterocycles. The summed E-state index contributed by atoms with van der Waals surface area (Å²) in [6.07, 6.45) is -12.7. The highest BCUT2D eigenvalue weighted by atomic mass is 79.9. The van der Waals surface area contributed by atoms with Crippen LogP contribution in [0.1, 0.15) is 48.3 Å². The number of hydrogen-bond acceptors (Lipinski definition) is 1. The molecule has 3 unspecified atom stereocenters. The highest BCUT2D eigenvalue weighted by molar-refractivity contribution is 9.10. The third-order valence-corrected chi connectivity index (χ3v) is 3.94. The van der Waals surface area contributed by atoms with Crippen LogP contribution in [-0.2, 0) is 0 Å². The van der Waals surface area contributed by atoms with Gasteiger partial charge in [0.1, 0.15) is 0 Å². The maximum absolute atomic E-state index is 9.26. The van der Waals surface area contributed by atoms with Gasteiger partial charge in [0.2, 0.25) is 0 Å². The van der Waals surface area contributed by atoms with Gasteiger partial charge in [-0.3, -0.25) is 0 Å². The molecule has 2 fully saturated rings. The fourth-order valence-corrected chi connectivity index (χ4v) is 3.02. The number of fused-ring (bicyclic) bond motifs is 3. The number of benzene rings is 1. The zero-order valence-corrected chi connectivity index (χ0v) is 12.0. The number of halogens is 1. The van der Waals surface area contributed by atoms with Crippen molar-refractivity contribution in [2.24, 2.45) is 11.8 Å². The standard InChI is InChI=1S/C18H20BrN/c19-13-6-5-7-14(12-13)20-17-10-3-1-8-15(17)16-9-2-4-11-18(16)20/h1,3,5-7,10,12,15-16,18H,2,4,8-9,11H2/i2D2,4D2,8D2,9D2,11D2,15D,16D. The summed E-state index contributed by atoms with van der Waals surface area (Å²) in [6.45, 7) is 0. The van der Waals surface area contributed by atoms with E-state index in [9.17, 15) is 2.74 Å². The topological polar surface area (TPSA) is 3.24 Å². The first kappa shape index (κ1) is 5.31. The molecule has 2 aliphatic carbocycles. The molecule has 0 radical (unpaired) electrons. The third kappa shape index (κ3) is 1.96. The Balaban J connectivity index is 2.18. The van der Waals surface area contributed by atoms with Gasteiger partial charge in [0.25, 0.3) is 0 Å². The van der Waals surface area contributed by atoms with Gasteiger partial charge in [0.05, 0.1) is 0 Å². The van der Waals surface area contributed by atoms with E-state index < -0.39 is 49.7 Å². The average molecular weight is 342 g/mol. The third-order valence-electron chi connectivity index (χ3n) is 3.45. The van der Waals surface area contributed by atoms with Gasteiger partial charge >= 0.3 is 0 Å². The second-order valence-electron chi connectivity index (χ2n) is 4.62. The van der Waals surface area contributed by atoms with Crippen molar-refractivity contribution in [2.45, 2.75) is 37.9 Å². The van der Waals surface area contributed by atoms with Crippen LogP contribution in [0, 0.1) is 11.8 Å². The van der Waals surface area contributed by atoms with E-state index in [0.717, 1.165) is 11.0 Å². The lowest BCUT2D eigenvalue weighted by molar-refractivity contribution is 0.286. The highest BCUT2D eigenvalue weighted by Gasteiger charge is 2.45. The van der Waals surface area contributed by atoms with E-state index in [0.29, 0.717) is 4.47 Å². The smallest absolute Gasteiger partial charge is 0.0422 e. The molecule has 3 atom stereocenters. The van der Waals surface area contributed by atoms with Gasteiger partial charge in [-0.15, -0.1) is 0 Å². The Morgan fingerprint density at radius 2 is 2.20 bits per heavy atom. The first-order valence-electron chi connectivity index (χ1n) is 12.3. The maximum atomic E-state index is 9.26. The number of hydrogen-bond donors (Lipinski definition) is 0. The SMILES string of the molecule is [2H]C1([2H])C=CC=C2N(c3cccc(Br)c3)C3C([2H])([2H])C([2H])([2H])C([2H])([2H])C([2H])([2H])C3([2H])C21[2H]. The Hall–Kier alpha value is -1.02. The summed E-state index contributed by atoms with van der Waals surface area (Å²) in [7, 11) is 0. The predicted molar refractivity (Wildman–Crippen MR) is 87.7 cm³/mol. The summed E-state index contributed by atoms with van der Waals surface area (Å²) < 4.78 is 104. The van der Waals surface area contributed by atoms with Crippen molar-refractivity contribution >= 4 is 21.6 Å². The van der Waals surface area contributed by atoms with Crippen LogP contribution in [0.5, 0.6) is 0 Å². The van der Waals surface area contributed by atoms with Gasteiger partial charge in [0.15, 0.2) is 0 Å². The molecule has 104 valence electrons. The molecule has 4 rings (SSSR count). The molecule has 2 heteroatoms. The molecule has 20 heavy (non-hydrogen) atoms. The van der Waals surface area contributed by atoms with Crippen LogP contribution in [0.4, 0.5) is 5.69 Å². The molecule has 0 bridgehead atoms.